The van der Waals surface area contributed by atoms with Crippen LogP contribution in [0.5, 0.6) is 0 Å². The van der Waals surface area contributed by atoms with Gasteiger partial charge in [0.05, 0.1) is 16.9 Å². The maximum atomic E-state index is 11.8. The van der Waals surface area contributed by atoms with E-state index in [2.05, 4.69) is 23.3 Å². The highest BCUT2D eigenvalue weighted by atomic mass is 16.4. The van der Waals surface area contributed by atoms with Crippen molar-refractivity contribution in [3.8, 4) is 6.07 Å². The lowest BCUT2D eigenvalue weighted by molar-refractivity contribution is -0.143. The van der Waals surface area contributed by atoms with Crippen LogP contribution in [0.3, 0.4) is 0 Å². The summed E-state index contributed by atoms with van der Waals surface area (Å²) in [6.45, 7) is 5.76. The molecule has 0 spiro atoms. The predicted octanol–water partition coefficient (Wildman–Crippen LogP) is 3.02. The summed E-state index contributed by atoms with van der Waals surface area (Å²) in [5.74, 6) is -0.291. The Bertz CT molecular complexity index is 596. The van der Waals surface area contributed by atoms with Gasteiger partial charge in [-0.05, 0) is 51.5 Å². The number of carboxylic acid groups (broad SMARTS) is 1. The number of aryl methyl sites for hydroxylation is 2. The Morgan fingerprint density at radius 1 is 1.48 bits per heavy atom. The van der Waals surface area contributed by atoms with Crippen LogP contribution in [0.15, 0.2) is 6.07 Å². The van der Waals surface area contributed by atoms with Crippen molar-refractivity contribution in [2.75, 3.05) is 5.32 Å². The van der Waals surface area contributed by atoms with Gasteiger partial charge in [-0.3, -0.25) is 4.98 Å². The molecule has 1 heterocycles. The molecule has 0 amide bonds. The molecule has 5 heteroatoms. The highest BCUT2D eigenvalue weighted by Gasteiger charge is 2.41. The van der Waals surface area contributed by atoms with Crippen LogP contribution in [0.4, 0.5) is 5.69 Å². The zero-order chi connectivity index (χ0) is 15.6. The average Bonchev–Trinajstić information content (AvgIpc) is 2.41. The van der Waals surface area contributed by atoms with Gasteiger partial charge in [-0.15, -0.1) is 0 Å². The standard InChI is InChI=1S/C16H21N3O2/c1-10-4-6-16(7-5-10,15(20)21)19-14-8-11(2)18-12(3)13(14)9-17/h8,10H,4-7H2,1-3H3,(H,18,19)(H,20,21). The molecule has 2 rings (SSSR count). The largest absolute Gasteiger partial charge is 0.480 e. The molecule has 0 bridgehead atoms. The van der Waals surface area contributed by atoms with E-state index in [4.69, 9.17) is 0 Å². The minimum absolute atomic E-state index is 0.430. The second kappa shape index (κ2) is 5.72. The van der Waals surface area contributed by atoms with Crippen LogP contribution in [0.25, 0.3) is 0 Å². The van der Waals surface area contributed by atoms with Crippen molar-refractivity contribution >= 4 is 11.7 Å². The van der Waals surface area contributed by atoms with Gasteiger partial charge in [-0.25, -0.2) is 4.79 Å². The van der Waals surface area contributed by atoms with Crippen molar-refractivity contribution < 1.29 is 9.90 Å². The lowest BCUT2D eigenvalue weighted by atomic mass is 9.77. The highest BCUT2D eigenvalue weighted by molar-refractivity contribution is 5.83. The maximum absolute atomic E-state index is 11.8. The topological polar surface area (TPSA) is 86.0 Å². The van der Waals surface area contributed by atoms with Gasteiger partial charge in [-0.1, -0.05) is 6.92 Å². The summed E-state index contributed by atoms with van der Waals surface area (Å²) < 4.78 is 0. The molecule has 1 saturated carbocycles. The molecule has 1 aliphatic carbocycles. The molecule has 1 aromatic heterocycles. The van der Waals surface area contributed by atoms with E-state index in [1.807, 2.05) is 6.92 Å². The van der Waals surface area contributed by atoms with Gasteiger partial charge < -0.3 is 10.4 Å². The van der Waals surface area contributed by atoms with Gasteiger partial charge in [0.25, 0.3) is 0 Å². The van der Waals surface area contributed by atoms with E-state index < -0.39 is 11.5 Å². The summed E-state index contributed by atoms with van der Waals surface area (Å²) in [5, 5.41) is 22.1. The molecule has 0 atom stereocenters. The molecule has 2 N–H and O–H groups in total. The second-order valence-corrected chi connectivity index (χ2v) is 6.08. The SMILES string of the molecule is Cc1cc(NC2(C(=O)O)CCC(C)CC2)c(C#N)c(C)n1. The summed E-state index contributed by atoms with van der Waals surface area (Å²) in [4.78, 5) is 16.1. The van der Waals surface area contributed by atoms with E-state index in [9.17, 15) is 15.2 Å². The number of anilines is 1. The molecule has 1 aliphatic rings. The van der Waals surface area contributed by atoms with Gasteiger partial charge in [-0.2, -0.15) is 5.26 Å². The number of aliphatic carboxylic acids is 1. The van der Waals surface area contributed by atoms with Gasteiger partial charge in [0, 0.05) is 5.69 Å². The van der Waals surface area contributed by atoms with Crippen molar-refractivity contribution in [2.24, 2.45) is 5.92 Å². The van der Waals surface area contributed by atoms with E-state index in [-0.39, 0.29) is 0 Å². The molecule has 0 aromatic carbocycles. The van der Waals surface area contributed by atoms with Gasteiger partial charge in [0.15, 0.2) is 0 Å². The Kier molecular flexibility index (Phi) is 4.17. The number of carboxylic acids is 1. The number of hydrogen-bond acceptors (Lipinski definition) is 4. The lowest BCUT2D eigenvalue weighted by Crippen LogP contribution is -2.49. The fourth-order valence-corrected chi connectivity index (χ4v) is 2.97. The number of nitrogens with one attached hydrogen (secondary N) is 1. The minimum atomic E-state index is -0.974. The minimum Gasteiger partial charge on any atom is -0.480 e. The van der Waals surface area contributed by atoms with Crippen LogP contribution in [0.1, 0.15) is 49.6 Å². The Balaban J connectivity index is 2.39. The van der Waals surface area contributed by atoms with Crippen molar-refractivity contribution in [1.82, 2.24) is 4.98 Å². The molecular formula is C16H21N3O2. The van der Waals surface area contributed by atoms with Crippen LogP contribution in [-0.4, -0.2) is 21.6 Å². The Labute approximate surface area is 125 Å². The molecule has 112 valence electrons. The first-order chi connectivity index (χ1) is 9.88. The maximum Gasteiger partial charge on any atom is 0.329 e. The van der Waals surface area contributed by atoms with E-state index in [0.29, 0.717) is 35.7 Å². The number of hydrogen-bond donors (Lipinski definition) is 2. The number of carbonyl (C=O) groups is 1. The number of rotatable bonds is 3. The molecule has 5 nitrogen and oxygen atoms in total. The van der Waals surface area contributed by atoms with Gasteiger partial charge in [0.1, 0.15) is 11.6 Å². The first-order valence-corrected chi connectivity index (χ1v) is 7.28. The second-order valence-electron chi connectivity index (χ2n) is 6.08. The summed E-state index contributed by atoms with van der Waals surface area (Å²) in [5.41, 5.74) is 1.45. The molecule has 0 radical (unpaired) electrons. The Morgan fingerprint density at radius 2 is 2.10 bits per heavy atom. The number of nitriles is 1. The molecule has 1 fully saturated rings. The quantitative estimate of drug-likeness (QED) is 0.892. The van der Waals surface area contributed by atoms with Crippen LogP contribution in [0.2, 0.25) is 0 Å². The number of aromatic nitrogens is 1. The third kappa shape index (κ3) is 2.99. The first-order valence-electron chi connectivity index (χ1n) is 7.28. The normalized spacial score (nSPS) is 25.1. The molecule has 0 aliphatic heterocycles. The van der Waals surface area contributed by atoms with Crippen molar-refractivity contribution in [3.05, 3.63) is 23.0 Å². The van der Waals surface area contributed by atoms with Crippen LogP contribution in [0, 0.1) is 31.1 Å². The smallest absolute Gasteiger partial charge is 0.329 e. The van der Waals surface area contributed by atoms with Crippen LogP contribution >= 0.6 is 0 Å². The summed E-state index contributed by atoms with van der Waals surface area (Å²) in [6.07, 6.45) is 2.91. The van der Waals surface area contributed by atoms with Crippen LogP contribution < -0.4 is 5.32 Å². The Morgan fingerprint density at radius 3 is 2.62 bits per heavy atom. The molecule has 1 aromatic rings. The number of pyridine rings is 1. The summed E-state index contributed by atoms with van der Waals surface area (Å²) >= 11 is 0. The Hall–Kier alpha value is -2.09. The first kappa shape index (κ1) is 15.3. The van der Waals surface area contributed by atoms with Crippen molar-refractivity contribution in [2.45, 2.75) is 52.0 Å². The molecule has 21 heavy (non-hydrogen) atoms. The van der Waals surface area contributed by atoms with Crippen molar-refractivity contribution in [3.63, 3.8) is 0 Å². The van der Waals surface area contributed by atoms with E-state index in [1.165, 1.54) is 0 Å². The molecular weight excluding hydrogens is 266 g/mol. The van der Waals surface area contributed by atoms with Crippen molar-refractivity contribution in [1.29, 1.82) is 5.26 Å². The predicted molar refractivity (Wildman–Crippen MR) is 80.0 cm³/mol. The third-order valence-corrected chi connectivity index (χ3v) is 4.35. The third-order valence-electron chi connectivity index (χ3n) is 4.35. The zero-order valence-electron chi connectivity index (χ0n) is 12.7. The summed E-state index contributed by atoms with van der Waals surface area (Å²) in [6, 6.07) is 3.89. The molecule has 0 unspecified atom stereocenters. The van der Waals surface area contributed by atoms with Crippen LogP contribution in [-0.2, 0) is 4.79 Å². The van der Waals surface area contributed by atoms with Gasteiger partial charge in [0.2, 0.25) is 0 Å². The highest BCUT2D eigenvalue weighted by Crippen LogP contribution is 2.36. The molecule has 0 saturated heterocycles. The monoisotopic (exact) mass is 287 g/mol. The van der Waals surface area contributed by atoms with E-state index >= 15 is 0 Å². The lowest BCUT2D eigenvalue weighted by Gasteiger charge is -2.37. The van der Waals surface area contributed by atoms with E-state index in [1.54, 1.807) is 13.0 Å². The fourth-order valence-electron chi connectivity index (χ4n) is 2.97. The zero-order valence-corrected chi connectivity index (χ0v) is 12.7. The van der Waals surface area contributed by atoms with Gasteiger partial charge >= 0.3 is 5.97 Å². The fraction of sp³-hybridized carbons (Fsp3) is 0.562. The summed E-state index contributed by atoms with van der Waals surface area (Å²) in [7, 11) is 0. The average molecular weight is 287 g/mol. The van der Waals surface area contributed by atoms with E-state index in [0.717, 1.165) is 18.5 Å². The number of nitrogens with zero attached hydrogens (tertiary/aromatic N) is 2.